The van der Waals surface area contributed by atoms with Gasteiger partial charge in [0.2, 0.25) is 16.8 Å². The van der Waals surface area contributed by atoms with Crippen molar-refractivity contribution in [2.75, 3.05) is 19.8 Å². The number of carbonyl (C=O) groups is 9. The molecular formula is C68H88F24O22. The zero-order valence-electron chi connectivity index (χ0n) is 65.0. The monoisotopic (exact) mass is 1710 g/mol. The minimum Gasteiger partial charge on any atom is -0.459 e. The third kappa shape index (κ3) is 23.5. The molecule has 0 aliphatic carbocycles. The lowest BCUT2D eigenvalue weighted by atomic mass is 9.83. The summed E-state index contributed by atoms with van der Waals surface area (Å²) >= 11 is 0. The van der Waals surface area contributed by atoms with Crippen LogP contribution in [0.2, 0.25) is 0 Å². The van der Waals surface area contributed by atoms with E-state index in [1.807, 2.05) is 0 Å². The fourth-order valence-corrected chi connectivity index (χ4v) is 8.52. The van der Waals surface area contributed by atoms with Gasteiger partial charge in [0.05, 0.1) is 37.1 Å². The number of rotatable bonds is 21. The molecule has 660 valence electrons. The van der Waals surface area contributed by atoms with Crippen LogP contribution in [0.25, 0.3) is 0 Å². The van der Waals surface area contributed by atoms with E-state index in [0.29, 0.717) is 41.5 Å². The molecule has 0 radical (unpaired) electrons. The molecule has 8 unspecified atom stereocenters. The Bertz CT molecular complexity index is 3550. The molecule has 46 heteroatoms. The summed E-state index contributed by atoms with van der Waals surface area (Å²) in [5, 5.41) is 9.13. The molecule has 22 nitrogen and oxygen atoms in total. The van der Waals surface area contributed by atoms with Gasteiger partial charge in [0.25, 0.3) is 0 Å². The van der Waals surface area contributed by atoms with Crippen LogP contribution in [-0.2, 0) is 100.0 Å². The zero-order valence-corrected chi connectivity index (χ0v) is 65.0. The van der Waals surface area contributed by atoms with E-state index < -0.39 is 227 Å². The number of halogens is 24. The maximum atomic E-state index is 14.8. The summed E-state index contributed by atoms with van der Waals surface area (Å²) in [6.07, 6.45) is -36.6. The number of aliphatic hydroxyl groups is 1. The third-order valence-corrected chi connectivity index (χ3v) is 15.4. The predicted molar refractivity (Wildman–Crippen MR) is 341 cm³/mol. The normalized spacial score (nSPS) is 24.2. The number of hydrogen-bond acceptors (Lipinski definition) is 22. The first kappa shape index (κ1) is 108. The molecule has 0 saturated carbocycles. The van der Waals surface area contributed by atoms with E-state index in [1.54, 1.807) is 0 Å². The molecule has 8 atom stereocenters. The number of hydrogen-bond donors (Lipinski definition) is 1. The molecule has 3 saturated heterocycles. The van der Waals surface area contributed by atoms with Crippen molar-refractivity contribution in [2.24, 2.45) is 23.2 Å². The van der Waals surface area contributed by atoms with Crippen molar-refractivity contribution in [3.05, 3.63) is 60.8 Å². The lowest BCUT2D eigenvalue weighted by molar-refractivity contribution is -0.410. The van der Waals surface area contributed by atoms with Crippen LogP contribution >= 0.6 is 0 Å². The first-order chi connectivity index (χ1) is 50.0. The highest BCUT2D eigenvalue weighted by Gasteiger charge is 2.89. The number of alkyl halides is 24. The van der Waals surface area contributed by atoms with Gasteiger partial charge in [-0.25, -0.2) is 24.0 Å². The molecule has 0 amide bonds. The predicted octanol–water partition coefficient (Wildman–Crippen LogP) is 15.9. The first-order valence-electron chi connectivity index (χ1n) is 32.5. The van der Waals surface area contributed by atoms with Gasteiger partial charge in [-0.3, -0.25) is 19.2 Å². The molecule has 0 aromatic carbocycles. The fourth-order valence-electron chi connectivity index (χ4n) is 8.52. The standard InChI is InChI=1S/2C15H19F5O5.C14H18F6O4.C14H17F5O5.C10H15F3O3/c1-8(2)9(21)24-12(6)7-23-14(13(12,16)17,15(18,19)20)25-10(22)11(3,4)5;1-8(2)6-10(21)24-14(15(18,19)20)13(16,17)12(5,7-23-14)25-11(22)9(3)4;1-7(2)9(21)23-11(5,6)12(13(15,16)17,14(18,19)20)24-10(22)8(3)4;1-7(2)9(20)23-11(5)6-22-13(12(11,15)16,14(17,18)19)24-10(21)8(3)4;1-6(2)8(14)16-7(3)5-9(4,15)10(11,12)13/h1,7H2,2-6H3;8H,3,6-7H2,1-2,4-5H3;8H,1H2,2-6H3;8H,1,6H2,2-5H3;7,15H,1,5H2,2-4H3. The Balaban J connectivity index is 0. The Kier molecular flexibility index (Phi) is 34.4. The van der Waals surface area contributed by atoms with E-state index in [9.17, 15) is 149 Å². The summed E-state index contributed by atoms with van der Waals surface area (Å²) in [5.74, 6) is -43.8. The summed E-state index contributed by atoms with van der Waals surface area (Å²) in [6, 6.07) is 0. The lowest BCUT2D eigenvalue weighted by Gasteiger charge is -2.46. The van der Waals surface area contributed by atoms with Crippen molar-refractivity contribution in [3.63, 3.8) is 0 Å². The van der Waals surface area contributed by atoms with Crippen molar-refractivity contribution in [1.82, 2.24) is 0 Å². The Morgan fingerprint density at radius 3 is 0.921 bits per heavy atom. The smallest absolute Gasteiger partial charge is 0.459 e. The van der Waals surface area contributed by atoms with Crippen LogP contribution in [0.4, 0.5) is 105 Å². The maximum Gasteiger partial charge on any atom is 0.462 e. The van der Waals surface area contributed by atoms with Crippen LogP contribution in [0.3, 0.4) is 0 Å². The number of esters is 9. The number of carbonyl (C=O) groups excluding carboxylic acids is 9. The third-order valence-electron chi connectivity index (χ3n) is 15.4. The van der Waals surface area contributed by atoms with E-state index in [-0.39, 0.29) is 22.3 Å². The minimum absolute atomic E-state index is 0.0958. The first-order valence-corrected chi connectivity index (χ1v) is 32.5. The molecule has 1 N–H and O–H groups in total. The van der Waals surface area contributed by atoms with Gasteiger partial charge in [-0.2, -0.15) is 105 Å². The highest BCUT2D eigenvalue weighted by Crippen LogP contribution is 2.61. The summed E-state index contributed by atoms with van der Waals surface area (Å²) in [6.45, 7) is 33.1. The van der Waals surface area contributed by atoms with Gasteiger partial charge in [-0.1, -0.05) is 74.4 Å². The molecular weight excluding hydrogens is 1620 g/mol. The summed E-state index contributed by atoms with van der Waals surface area (Å²) in [4.78, 5) is 104. The van der Waals surface area contributed by atoms with Gasteiger partial charge in [-0.15, -0.1) is 0 Å². The Hall–Kier alpha value is -7.91. The maximum absolute atomic E-state index is 14.8. The topological polar surface area (TPSA) is 285 Å². The minimum atomic E-state index is -6.10. The molecule has 0 aromatic rings. The summed E-state index contributed by atoms with van der Waals surface area (Å²) < 4.78 is 377. The van der Waals surface area contributed by atoms with Gasteiger partial charge in [-0.05, 0) is 110 Å². The van der Waals surface area contributed by atoms with E-state index in [4.69, 9.17) is 5.11 Å². The average Bonchev–Trinajstić information content (AvgIpc) is 1.41. The Labute approximate surface area is 636 Å². The molecule has 0 bridgehead atoms. The Morgan fingerprint density at radius 2 is 0.684 bits per heavy atom. The number of ether oxygens (including phenoxy) is 12. The van der Waals surface area contributed by atoms with Crippen LogP contribution < -0.4 is 0 Å². The highest BCUT2D eigenvalue weighted by molar-refractivity contribution is 5.89. The lowest BCUT2D eigenvalue weighted by Crippen LogP contribution is -2.72. The summed E-state index contributed by atoms with van der Waals surface area (Å²) in [5.41, 5.74) is -23.0. The zero-order chi connectivity index (χ0) is 91.9. The van der Waals surface area contributed by atoms with Crippen molar-refractivity contribution in [2.45, 2.75) is 270 Å². The van der Waals surface area contributed by atoms with Crippen LogP contribution in [0.1, 0.15) is 158 Å². The molecule has 3 heterocycles. The summed E-state index contributed by atoms with van der Waals surface area (Å²) in [7, 11) is 0. The second kappa shape index (κ2) is 36.3. The van der Waals surface area contributed by atoms with Crippen molar-refractivity contribution < 1.29 is 210 Å². The average molecular weight is 1710 g/mol. The van der Waals surface area contributed by atoms with E-state index >= 15 is 0 Å². The van der Waals surface area contributed by atoms with Crippen LogP contribution in [0.5, 0.6) is 0 Å². The van der Waals surface area contributed by atoms with E-state index in [1.165, 1.54) is 62.3 Å². The van der Waals surface area contributed by atoms with Crippen molar-refractivity contribution in [1.29, 1.82) is 0 Å². The molecule has 3 rings (SSSR count). The Morgan fingerprint density at radius 1 is 0.404 bits per heavy atom. The molecule has 114 heavy (non-hydrogen) atoms. The van der Waals surface area contributed by atoms with Gasteiger partial charge in [0.15, 0.2) is 11.2 Å². The van der Waals surface area contributed by atoms with E-state index in [0.717, 1.165) is 41.5 Å². The molecule has 0 aromatic heterocycles. The van der Waals surface area contributed by atoms with E-state index in [2.05, 4.69) is 89.7 Å². The van der Waals surface area contributed by atoms with Gasteiger partial charge in [0, 0.05) is 40.7 Å². The van der Waals surface area contributed by atoms with Gasteiger partial charge >= 0.3 is 132 Å². The highest BCUT2D eigenvalue weighted by atomic mass is 19.4. The van der Waals surface area contributed by atoms with Crippen molar-refractivity contribution >= 4 is 53.7 Å². The second-order valence-corrected chi connectivity index (χ2v) is 29.3. The molecule has 3 fully saturated rings. The SMILES string of the molecule is C=C(C)C(=O)OC(C)(C)C(OC(=O)C(C)C)(C(F)(F)F)C(F)(F)F.C=C(C)C(=O)OC(C)CC(C)(O)C(F)(F)F.C=C(C)C(=O)OC1(C)COC(OC(=O)C(C)(C)C)(C(F)(F)F)C1(F)F.C=C(C)C(=O)OC1(C)COC(OC(=O)C(C)C)(C(F)(F)F)C1(F)F.C=C(C)C(=O)OC1(C)COC(OC(=O)CC(C)C)(C(F)(F)F)C1(F)F. The molecule has 3 aliphatic heterocycles. The molecule has 0 spiro atoms. The van der Waals surface area contributed by atoms with Gasteiger partial charge in [0.1, 0.15) is 6.10 Å². The largest absolute Gasteiger partial charge is 0.462 e. The van der Waals surface area contributed by atoms with Crippen LogP contribution in [0.15, 0.2) is 60.8 Å². The van der Waals surface area contributed by atoms with Gasteiger partial charge < -0.3 is 61.9 Å². The molecule has 3 aliphatic rings. The van der Waals surface area contributed by atoms with Crippen molar-refractivity contribution in [3.8, 4) is 0 Å². The second-order valence-electron chi connectivity index (χ2n) is 29.3. The van der Waals surface area contributed by atoms with Crippen LogP contribution in [0, 0.1) is 23.2 Å². The van der Waals surface area contributed by atoms with Crippen LogP contribution in [-0.4, -0.2) is 191 Å². The fraction of sp³-hybridized carbons (Fsp3) is 0.721. The quantitative estimate of drug-likeness (QED) is 0.0483.